The highest BCUT2D eigenvalue weighted by molar-refractivity contribution is 14.1. The van der Waals surface area contributed by atoms with Crippen LogP contribution in [0.1, 0.15) is 40.5 Å². The number of hydrogen-bond donors (Lipinski definition) is 0. The number of hydrogen-bond acceptors (Lipinski definition) is 1. The second-order valence-electron chi connectivity index (χ2n) is 5.73. The van der Waals surface area contributed by atoms with Crippen molar-refractivity contribution in [2.75, 3.05) is 0 Å². The molecule has 1 atom stereocenters. The summed E-state index contributed by atoms with van der Waals surface area (Å²) in [6.07, 6.45) is 6.38. The van der Waals surface area contributed by atoms with Crippen molar-refractivity contribution < 1.29 is 4.43 Å². The summed E-state index contributed by atoms with van der Waals surface area (Å²) in [4.78, 5) is 0. The molecule has 0 rings (SSSR count). The van der Waals surface area contributed by atoms with Gasteiger partial charge < -0.3 is 4.43 Å². The Kier molecular flexibility index (Phi) is 7.69. The second kappa shape index (κ2) is 7.60. The standard InChI is InChI=1S/C14H25IOSi/c1-7-13(11-9-8-10-12-15)16-17(5,6)14(2,3)4/h9,11,13H,7-8H2,1-6H3/b11-9+/t13-/m0/s1. The van der Waals surface area contributed by atoms with Crippen LogP contribution in [0.25, 0.3) is 0 Å². The maximum Gasteiger partial charge on any atom is 0.192 e. The van der Waals surface area contributed by atoms with Crippen LogP contribution in [0.3, 0.4) is 0 Å². The van der Waals surface area contributed by atoms with Crippen molar-refractivity contribution in [2.45, 2.75) is 64.8 Å². The van der Waals surface area contributed by atoms with Crippen LogP contribution < -0.4 is 0 Å². The number of halogens is 1. The van der Waals surface area contributed by atoms with E-state index in [-0.39, 0.29) is 11.1 Å². The van der Waals surface area contributed by atoms with Crippen molar-refractivity contribution in [2.24, 2.45) is 0 Å². The molecule has 0 fully saturated rings. The maximum atomic E-state index is 6.33. The third kappa shape index (κ3) is 6.63. The van der Waals surface area contributed by atoms with Gasteiger partial charge in [0.15, 0.2) is 8.32 Å². The Hall–Kier alpha value is 0.207. The van der Waals surface area contributed by atoms with E-state index in [1.165, 1.54) is 0 Å². The highest BCUT2D eigenvalue weighted by Crippen LogP contribution is 2.37. The van der Waals surface area contributed by atoms with Crippen molar-refractivity contribution in [3.8, 4) is 9.85 Å². The molecular weight excluding hydrogens is 339 g/mol. The Morgan fingerprint density at radius 1 is 1.35 bits per heavy atom. The van der Waals surface area contributed by atoms with Crippen LogP contribution in [-0.2, 0) is 4.43 Å². The summed E-state index contributed by atoms with van der Waals surface area (Å²) in [5.74, 6) is 3.03. The van der Waals surface area contributed by atoms with E-state index < -0.39 is 8.32 Å². The molecule has 1 nitrogen and oxygen atoms in total. The van der Waals surface area contributed by atoms with E-state index >= 15 is 0 Å². The topological polar surface area (TPSA) is 9.23 Å². The smallest absolute Gasteiger partial charge is 0.192 e. The lowest BCUT2D eigenvalue weighted by molar-refractivity contribution is 0.220. The monoisotopic (exact) mass is 364 g/mol. The molecule has 0 aliphatic rings. The summed E-state index contributed by atoms with van der Waals surface area (Å²) in [5, 5.41) is 0.274. The van der Waals surface area contributed by atoms with Gasteiger partial charge in [-0.15, -0.1) is 0 Å². The molecule has 0 saturated carbocycles. The molecule has 3 heteroatoms. The molecule has 0 aromatic rings. The van der Waals surface area contributed by atoms with E-state index in [2.05, 4.69) is 85.4 Å². The Morgan fingerprint density at radius 3 is 2.35 bits per heavy atom. The summed E-state index contributed by atoms with van der Waals surface area (Å²) >= 11 is 2.07. The van der Waals surface area contributed by atoms with Gasteiger partial charge in [-0.05, 0) is 28.5 Å². The lowest BCUT2D eigenvalue weighted by Crippen LogP contribution is -2.43. The number of allylic oxidation sites excluding steroid dienone is 1. The molecule has 17 heavy (non-hydrogen) atoms. The zero-order chi connectivity index (χ0) is 13.5. The van der Waals surface area contributed by atoms with Gasteiger partial charge in [0.25, 0.3) is 0 Å². The lowest BCUT2D eigenvalue weighted by Gasteiger charge is -2.38. The molecule has 0 aliphatic heterocycles. The first kappa shape index (κ1) is 17.2. The van der Waals surface area contributed by atoms with E-state index in [0.717, 1.165) is 12.8 Å². The third-order valence-electron chi connectivity index (χ3n) is 3.29. The van der Waals surface area contributed by atoms with Gasteiger partial charge in [-0.2, -0.15) is 0 Å². The zero-order valence-electron chi connectivity index (χ0n) is 11.9. The normalized spacial score (nSPS) is 14.5. The minimum absolute atomic E-state index is 0.243. The summed E-state index contributed by atoms with van der Waals surface area (Å²) in [7, 11) is -1.65. The van der Waals surface area contributed by atoms with Gasteiger partial charge in [0, 0.05) is 29.0 Å². The molecule has 0 bridgehead atoms. The van der Waals surface area contributed by atoms with Gasteiger partial charge in [0.05, 0.1) is 6.10 Å². The molecule has 0 saturated heterocycles. The average Bonchev–Trinajstić information content (AvgIpc) is 2.20. The van der Waals surface area contributed by atoms with Gasteiger partial charge in [-0.25, -0.2) is 0 Å². The van der Waals surface area contributed by atoms with Gasteiger partial charge in [0.1, 0.15) is 0 Å². The van der Waals surface area contributed by atoms with E-state index in [0.29, 0.717) is 0 Å². The van der Waals surface area contributed by atoms with E-state index in [4.69, 9.17) is 4.43 Å². The van der Waals surface area contributed by atoms with Crippen LogP contribution in [-0.4, -0.2) is 14.4 Å². The summed E-state index contributed by atoms with van der Waals surface area (Å²) < 4.78 is 9.20. The molecule has 0 N–H and O–H groups in total. The van der Waals surface area contributed by atoms with Crippen LogP contribution in [0.15, 0.2) is 12.2 Å². The molecule has 0 spiro atoms. The average molecular weight is 364 g/mol. The first-order valence-electron chi connectivity index (χ1n) is 6.17. The van der Waals surface area contributed by atoms with E-state index in [9.17, 15) is 0 Å². The second-order valence-corrected chi connectivity index (χ2v) is 11.0. The van der Waals surface area contributed by atoms with Crippen molar-refractivity contribution >= 4 is 30.9 Å². The molecular formula is C14H25IOSi. The molecule has 0 aromatic heterocycles. The summed E-state index contributed by atoms with van der Waals surface area (Å²) in [5.41, 5.74) is 0. The van der Waals surface area contributed by atoms with Gasteiger partial charge in [-0.1, -0.05) is 45.8 Å². The Bertz CT molecular complexity index is 304. The maximum absolute atomic E-state index is 6.33. The fourth-order valence-electron chi connectivity index (χ4n) is 1.13. The molecule has 98 valence electrons. The quantitative estimate of drug-likeness (QED) is 0.284. The number of rotatable bonds is 5. The van der Waals surface area contributed by atoms with Crippen molar-refractivity contribution in [1.82, 2.24) is 0 Å². The van der Waals surface area contributed by atoms with Crippen LogP contribution in [0.2, 0.25) is 18.1 Å². The predicted octanol–water partition coefficient (Wildman–Crippen LogP) is 5.13. The highest BCUT2D eigenvalue weighted by atomic mass is 127. The predicted molar refractivity (Wildman–Crippen MR) is 87.9 cm³/mol. The SMILES string of the molecule is CC[C@@H](/C=C/CC#CI)O[Si](C)(C)C(C)(C)C. The Morgan fingerprint density at radius 2 is 1.94 bits per heavy atom. The first-order chi connectivity index (χ1) is 7.74. The Balaban J connectivity index is 4.48. The molecule has 0 aliphatic carbocycles. The van der Waals surface area contributed by atoms with Gasteiger partial charge in [-0.3, -0.25) is 0 Å². The molecule has 0 unspecified atom stereocenters. The van der Waals surface area contributed by atoms with E-state index in [1.807, 2.05) is 0 Å². The van der Waals surface area contributed by atoms with Crippen molar-refractivity contribution in [1.29, 1.82) is 0 Å². The first-order valence-corrected chi connectivity index (χ1v) is 10.2. The Labute approximate surface area is 122 Å². The molecule has 0 radical (unpaired) electrons. The van der Waals surface area contributed by atoms with E-state index in [1.54, 1.807) is 0 Å². The molecule has 0 aromatic carbocycles. The lowest BCUT2D eigenvalue weighted by atomic mass is 10.2. The fraction of sp³-hybridized carbons (Fsp3) is 0.714. The highest BCUT2D eigenvalue weighted by Gasteiger charge is 2.38. The van der Waals surface area contributed by atoms with Crippen molar-refractivity contribution in [3.63, 3.8) is 0 Å². The van der Waals surface area contributed by atoms with Crippen LogP contribution in [0.5, 0.6) is 0 Å². The minimum Gasteiger partial charge on any atom is -0.411 e. The minimum atomic E-state index is -1.65. The van der Waals surface area contributed by atoms with Crippen LogP contribution >= 0.6 is 22.6 Å². The molecule has 0 heterocycles. The summed E-state index contributed by atoms with van der Waals surface area (Å²) in [6, 6.07) is 0. The largest absolute Gasteiger partial charge is 0.411 e. The van der Waals surface area contributed by atoms with Gasteiger partial charge in [0.2, 0.25) is 0 Å². The zero-order valence-corrected chi connectivity index (χ0v) is 15.1. The van der Waals surface area contributed by atoms with Gasteiger partial charge >= 0.3 is 0 Å². The molecule has 0 amide bonds. The van der Waals surface area contributed by atoms with Crippen LogP contribution in [0.4, 0.5) is 0 Å². The fourth-order valence-corrected chi connectivity index (χ4v) is 2.71. The third-order valence-corrected chi connectivity index (χ3v) is 8.18. The van der Waals surface area contributed by atoms with Crippen LogP contribution in [0, 0.1) is 9.85 Å². The van der Waals surface area contributed by atoms with Crippen molar-refractivity contribution in [3.05, 3.63) is 12.2 Å². The summed E-state index contributed by atoms with van der Waals surface area (Å²) in [6.45, 7) is 13.6.